The van der Waals surface area contributed by atoms with Crippen LogP contribution < -0.4 is 5.32 Å². The van der Waals surface area contributed by atoms with Crippen molar-refractivity contribution in [1.29, 1.82) is 0 Å². The Morgan fingerprint density at radius 1 is 1.13 bits per heavy atom. The molecule has 1 N–H and O–H groups in total. The van der Waals surface area contributed by atoms with Crippen LogP contribution in [0.4, 0.5) is 0 Å². The van der Waals surface area contributed by atoms with Crippen molar-refractivity contribution in [1.82, 2.24) is 9.62 Å². The van der Waals surface area contributed by atoms with Gasteiger partial charge in [-0.1, -0.05) is 42.8 Å². The van der Waals surface area contributed by atoms with E-state index < -0.39 is 10.0 Å². The number of halogens is 1. The lowest BCUT2D eigenvalue weighted by Gasteiger charge is -2.43. The zero-order chi connectivity index (χ0) is 21.4. The van der Waals surface area contributed by atoms with E-state index in [4.69, 9.17) is 11.6 Å². The first-order valence-electron chi connectivity index (χ1n) is 10.5. The molecular weight excluding hydrogens is 420 g/mol. The number of nitrogens with one attached hydrogen (secondary N) is 1. The minimum Gasteiger partial charge on any atom is -0.348 e. The zero-order valence-electron chi connectivity index (χ0n) is 17.1. The summed E-state index contributed by atoms with van der Waals surface area (Å²) in [5, 5.41) is 3.85. The third-order valence-electron chi connectivity index (χ3n) is 6.53. The number of amides is 1. The van der Waals surface area contributed by atoms with Crippen LogP contribution >= 0.6 is 11.6 Å². The smallest absolute Gasteiger partial charge is 0.251 e. The van der Waals surface area contributed by atoms with E-state index in [-0.39, 0.29) is 23.1 Å². The molecule has 4 rings (SSSR count). The van der Waals surface area contributed by atoms with Gasteiger partial charge in [0, 0.05) is 35.1 Å². The number of hydrogen-bond acceptors (Lipinski definition) is 3. The second kappa shape index (κ2) is 8.33. The van der Waals surface area contributed by atoms with Gasteiger partial charge in [0.15, 0.2) is 0 Å². The fourth-order valence-corrected chi connectivity index (χ4v) is 6.63. The van der Waals surface area contributed by atoms with E-state index in [9.17, 15) is 13.2 Å². The van der Waals surface area contributed by atoms with Crippen molar-refractivity contribution >= 4 is 27.5 Å². The highest BCUT2D eigenvalue weighted by Crippen LogP contribution is 2.46. The molecule has 0 saturated carbocycles. The third-order valence-corrected chi connectivity index (χ3v) is 8.85. The van der Waals surface area contributed by atoms with Crippen molar-refractivity contribution in [3.8, 4) is 0 Å². The molecule has 1 aliphatic carbocycles. The van der Waals surface area contributed by atoms with E-state index in [0.29, 0.717) is 42.9 Å². The number of carbonyl (C=O) groups excluding carboxylic acids is 1. The molecule has 1 aliphatic heterocycles. The summed E-state index contributed by atoms with van der Waals surface area (Å²) in [4.78, 5) is 12.9. The summed E-state index contributed by atoms with van der Waals surface area (Å²) in [7, 11) is -3.21. The number of piperidine rings is 1. The van der Waals surface area contributed by atoms with Crippen LogP contribution in [0.2, 0.25) is 5.02 Å². The number of rotatable bonds is 5. The van der Waals surface area contributed by atoms with E-state index in [0.717, 1.165) is 6.42 Å². The van der Waals surface area contributed by atoms with Gasteiger partial charge < -0.3 is 5.32 Å². The predicted octanol–water partition coefficient (Wildman–Crippen LogP) is 3.77. The largest absolute Gasteiger partial charge is 0.348 e. The summed E-state index contributed by atoms with van der Waals surface area (Å²) in [5.74, 6) is 0.0673. The summed E-state index contributed by atoms with van der Waals surface area (Å²) in [6.45, 7) is 2.87. The van der Waals surface area contributed by atoms with E-state index >= 15 is 0 Å². The number of nitrogens with zero attached hydrogens (tertiary/aromatic N) is 1. The zero-order valence-corrected chi connectivity index (χ0v) is 18.7. The molecule has 1 heterocycles. The first kappa shape index (κ1) is 21.3. The fraction of sp³-hybridized carbons (Fsp3) is 0.435. The van der Waals surface area contributed by atoms with Crippen molar-refractivity contribution in [3.05, 3.63) is 70.2 Å². The average molecular weight is 447 g/mol. The number of sulfonamides is 1. The molecule has 1 fully saturated rings. The highest BCUT2D eigenvalue weighted by atomic mass is 35.5. The van der Waals surface area contributed by atoms with Gasteiger partial charge in [-0.25, -0.2) is 12.7 Å². The second-order valence-corrected chi connectivity index (χ2v) is 10.8. The Bertz CT molecular complexity index is 1030. The molecule has 7 heteroatoms. The van der Waals surface area contributed by atoms with Crippen molar-refractivity contribution < 1.29 is 13.2 Å². The van der Waals surface area contributed by atoms with Gasteiger partial charge in [-0.05, 0) is 61.1 Å². The molecule has 1 spiro atoms. The molecule has 0 radical (unpaired) electrons. The van der Waals surface area contributed by atoms with Gasteiger partial charge in [0.2, 0.25) is 10.0 Å². The molecule has 160 valence electrons. The van der Waals surface area contributed by atoms with Crippen LogP contribution in [0, 0.1) is 0 Å². The second-order valence-electron chi connectivity index (χ2n) is 8.27. The maximum atomic E-state index is 12.9. The van der Waals surface area contributed by atoms with Gasteiger partial charge in [0.1, 0.15) is 0 Å². The Balaban J connectivity index is 1.59. The Morgan fingerprint density at radius 3 is 2.47 bits per heavy atom. The number of hydrogen-bond donors (Lipinski definition) is 1. The first-order valence-corrected chi connectivity index (χ1v) is 12.5. The van der Waals surface area contributed by atoms with Crippen LogP contribution in [-0.4, -0.2) is 43.5 Å². The summed E-state index contributed by atoms with van der Waals surface area (Å²) < 4.78 is 26.7. The van der Waals surface area contributed by atoms with Crippen molar-refractivity contribution in [2.75, 3.05) is 18.8 Å². The minimum absolute atomic E-state index is 0.0610. The van der Waals surface area contributed by atoms with Gasteiger partial charge in [0.05, 0.1) is 5.75 Å². The van der Waals surface area contributed by atoms with Gasteiger partial charge >= 0.3 is 0 Å². The topological polar surface area (TPSA) is 66.5 Å². The molecule has 1 saturated heterocycles. The third kappa shape index (κ3) is 3.88. The van der Waals surface area contributed by atoms with Crippen LogP contribution in [0.5, 0.6) is 0 Å². The maximum Gasteiger partial charge on any atom is 0.251 e. The first-order chi connectivity index (χ1) is 14.4. The lowest BCUT2D eigenvalue weighted by atomic mass is 9.71. The summed E-state index contributed by atoms with van der Waals surface area (Å²) in [5.41, 5.74) is 2.83. The van der Waals surface area contributed by atoms with E-state index in [1.807, 2.05) is 19.1 Å². The highest BCUT2D eigenvalue weighted by molar-refractivity contribution is 7.89. The van der Waals surface area contributed by atoms with Crippen LogP contribution in [0.1, 0.15) is 47.7 Å². The molecule has 1 atom stereocenters. The molecule has 1 amide bonds. The maximum absolute atomic E-state index is 12.9. The van der Waals surface area contributed by atoms with Gasteiger partial charge in [0.25, 0.3) is 5.91 Å². The summed E-state index contributed by atoms with van der Waals surface area (Å²) in [6.07, 6.45) is 2.79. The molecule has 2 aromatic carbocycles. The molecule has 2 aromatic rings. The molecule has 30 heavy (non-hydrogen) atoms. The molecule has 5 nitrogen and oxygen atoms in total. The number of fused-ring (bicyclic) bond motifs is 2. The SMILES string of the molecule is CCCS(=O)(=O)N1CCC2(CC1)c1ccccc1CC2NC(=O)c1ccc(Cl)cc1. The van der Waals surface area contributed by atoms with Crippen molar-refractivity contribution in [3.63, 3.8) is 0 Å². The number of carbonyl (C=O) groups is 1. The van der Waals surface area contributed by atoms with Crippen LogP contribution in [-0.2, 0) is 21.9 Å². The van der Waals surface area contributed by atoms with E-state index in [1.165, 1.54) is 11.1 Å². The Morgan fingerprint density at radius 2 is 1.80 bits per heavy atom. The van der Waals surface area contributed by atoms with Gasteiger partial charge in [-0.2, -0.15) is 0 Å². The Labute approximate surface area is 183 Å². The lowest BCUT2D eigenvalue weighted by Crippen LogP contribution is -2.54. The van der Waals surface area contributed by atoms with Gasteiger partial charge in [-0.15, -0.1) is 0 Å². The molecular formula is C23H27ClN2O3S. The predicted molar refractivity (Wildman–Crippen MR) is 119 cm³/mol. The quantitative estimate of drug-likeness (QED) is 0.760. The number of benzene rings is 2. The van der Waals surface area contributed by atoms with E-state index in [2.05, 4.69) is 17.4 Å². The average Bonchev–Trinajstić information content (AvgIpc) is 3.02. The normalized spacial score (nSPS) is 20.8. The van der Waals surface area contributed by atoms with E-state index in [1.54, 1.807) is 28.6 Å². The van der Waals surface area contributed by atoms with Crippen molar-refractivity contribution in [2.24, 2.45) is 0 Å². The monoisotopic (exact) mass is 446 g/mol. The molecule has 0 bridgehead atoms. The standard InChI is InChI=1S/C23H27ClN2O3S/c1-2-15-30(28,29)26-13-11-23(12-14-26)20-6-4-3-5-18(20)16-21(23)25-22(27)17-7-9-19(24)10-8-17/h3-10,21H,2,11-16H2,1H3,(H,25,27). The fourth-order valence-electron chi connectivity index (χ4n) is 4.99. The summed E-state index contributed by atoms with van der Waals surface area (Å²) >= 11 is 5.95. The highest BCUT2D eigenvalue weighted by Gasteiger charge is 2.49. The lowest BCUT2D eigenvalue weighted by molar-refractivity contribution is 0.0897. The van der Waals surface area contributed by atoms with Crippen molar-refractivity contribution in [2.45, 2.75) is 44.1 Å². The van der Waals surface area contributed by atoms with Gasteiger partial charge in [-0.3, -0.25) is 4.79 Å². The Hall–Kier alpha value is -1.89. The summed E-state index contributed by atoms with van der Waals surface area (Å²) in [6, 6.07) is 15.1. The van der Waals surface area contributed by atoms with Crippen LogP contribution in [0.15, 0.2) is 48.5 Å². The van der Waals surface area contributed by atoms with Crippen LogP contribution in [0.25, 0.3) is 0 Å². The minimum atomic E-state index is -3.21. The van der Waals surface area contributed by atoms with Crippen LogP contribution in [0.3, 0.4) is 0 Å². The molecule has 2 aliphatic rings. The molecule has 0 aromatic heterocycles. The Kier molecular flexibility index (Phi) is 5.93. The molecule has 1 unspecified atom stereocenters.